The van der Waals surface area contributed by atoms with Crippen LogP contribution < -0.4 is 5.32 Å². The van der Waals surface area contributed by atoms with Gasteiger partial charge in [-0.3, -0.25) is 4.79 Å². The number of hydrogen-bond acceptors (Lipinski definition) is 2. The van der Waals surface area contributed by atoms with Gasteiger partial charge in [0.15, 0.2) is 17.4 Å². The molecule has 1 N–H and O–H groups in total. The predicted molar refractivity (Wildman–Crippen MR) is 53.8 cm³/mol. The number of ketones is 1. The van der Waals surface area contributed by atoms with Crippen LogP contribution in [0.3, 0.4) is 0 Å². The molecule has 0 aliphatic heterocycles. The summed E-state index contributed by atoms with van der Waals surface area (Å²) in [5.41, 5.74) is -1.14. The summed E-state index contributed by atoms with van der Waals surface area (Å²) in [6.45, 7) is 3.22. The molecule has 2 nitrogen and oxygen atoms in total. The summed E-state index contributed by atoms with van der Waals surface area (Å²) in [6, 6.07) is 3.58. The molecular weight excluding hydrogens is 200 g/mol. The maximum Gasteiger partial charge on any atom is 0.185 e. The molecule has 0 atom stereocenters. The quantitative estimate of drug-likeness (QED) is 0.779. The fourth-order valence-electron chi connectivity index (χ4n) is 1.13. The first kappa shape index (κ1) is 11.8. The normalized spacial score (nSPS) is 11.5. The van der Waals surface area contributed by atoms with Crippen molar-refractivity contribution in [1.82, 2.24) is 5.32 Å². The lowest BCUT2D eigenvalue weighted by atomic mass is 9.93. The molecule has 82 valence electrons. The molecule has 4 heteroatoms. The molecule has 1 aromatic carbocycles. The highest BCUT2D eigenvalue weighted by Crippen LogP contribution is 2.17. The number of carbonyl (C=O) groups is 1. The Labute approximate surface area is 87.3 Å². The zero-order valence-corrected chi connectivity index (χ0v) is 8.90. The van der Waals surface area contributed by atoms with E-state index >= 15 is 0 Å². The summed E-state index contributed by atoms with van der Waals surface area (Å²) in [6.07, 6.45) is 0. The number of Topliss-reactive ketones (excluding diaryl/α,β-unsaturated/α-hetero) is 1. The first-order valence-electron chi connectivity index (χ1n) is 4.58. The molecule has 0 saturated carbocycles. The first-order chi connectivity index (χ1) is 6.90. The average Bonchev–Trinajstić information content (AvgIpc) is 2.21. The van der Waals surface area contributed by atoms with Gasteiger partial charge in [-0.2, -0.15) is 0 Å². The molecule has 0 radical (unpaired) electrons. The van der Waals surface area contributed by atoms with Crippen LogP contribution in [0.1, 0.15) is 24.2 Å². The van der Waals surface area contributed by atoms with Gasteiger partial charge in [0.25, 0.3) is 0 Å². The molecule has 0 aromatic heterocycles. The minimum absolute atomic E-state index is 0.227. The second kappa shape index (κ2) is 4.06. The average molecular weight is 213 g/mol. The zero-order chi connectivity index (χ0) is 11.6. The highest BCUT2D eigenvalue weighted by molar-refractivity contribution is 6.02. The first-order valence-corrected chi connectivity index (χ1v) is 4.58. The second-order valence-corrected chi connectivity index (χ2v) is 3.81. The van der Waals surface area contributed by atoms with E-state index in [0.717, 1.165) is 6.07 Å². The van der Waals surface area contributed by atoms with Gasteiger partial charge in [-0.25, -0.2) is 8.78 Å². The molecule has 1 aromatic rings. The van der Waals surface area contributed by atoms with E-state index in [1.165, 1.54) is 12.1 Å². The predicted octanol–water partition coefficient (Wildman–Crippen LogP) is 2.15. The zero-order valence-electron chi connectivity index (χ0n) is 8.90. The van der Waals surface area contributed by atoms with Crippen LogP contribution in [0.2, 0.25) is 0 Å². The second-order valence-electron chi connectivity index (χ2n) is 3.81. The molecule has 0 unspecified atom stereocenters. The third-order valence-electron chi connectivity index (χ3n) is 2.39. The largest absolute Gasteiger partial charge is 0.308 e. The molecule has 0 bridgehead atoms. The highest BCUT2D eigenvalue weighted by atomic mass is 19.2. The number of nitrogens with one attached hydrogen (secondary N) is 1. The summed E-state index contributed by atoms with van der Waals surface area (Å²) < 4.78 is 26.2. The molecule has 0 heterocycles. The Hall–Kier alpha value is -1.29. The Morgan fingerprint density at radius 2 is 1.93 bits per heavy atom. The van der Waals surface area contributed by atoms with Crippen molar-refractivity contribution in [1.29, 1.82) is 0 Å². The van der Waals surface area contributed by atoms with Gasteiger partial charge in [-0.05, 0) is 33.0 Å². The van der Waals surface area contributed by atoms with Crippen LogP contribution in [0, 0.1) is 11.6 Å². The van der Waals surface area contributed by atoms with Gasteiger partial charge >= 0.3 is 0 Å². The van der Waals surface area contributed by atoms with Gasteiger partial charge in [0.2, 0.25) is 0 Å². The van der Waals surface area contributed by atoms with Crippen LogP contribution >= 0.6 is 0 Å². The number of hydrogen-bond donors (Lipinski definition) is 1. The summed E-state index contributed by atoms with van der Waals surface area (Å²) in [5.74, 6) is -2.57. The highest BCUT2D eigenvalue weighted by Gasteiger charge is 2.29. The summed E-state index contributed by atoms with van der Waals surface area (Å²) in [7, 11) is 1.59. The summed E-state index contributed by atoms with van der Waals surface area (Å²) in [5, 5.41) is 2.75. The van der Waals surface area contributed by atoms with Crippen molar-refractivity contribution in [3.8, 4) is 0 Å². The van der Waals surface area contributed by atoms with Crippen LogP contribution in [0.5, 0.6) is 0 Å². The number of halogens is 2. The lowest BCUT2D eigenvalue weighted by molar-refractivity contribution is 0.0884. The Morgan fingerprint density at radius 3 is 2.47 bits per heavy atom. The molecule has 0 amide bonds. The number of benzene rings is 1. The van der Waals surface area contributed by atoms with E-state index in [2.05, 4.69) is 5.32 Å². The minimum atomic E-state index is -1.09. The van der Waals surface area contributed by atoms with E-state index in [1.807, 2.05) is 0 Å². The number of carbonyl (C=O) groups excluding carboxylic acids is 1. The van der Waals surface area contributed by atoms with Crippen molar-refractivity contribution in [2.45, 2.75) is 19.4 Å². The van der Waals surface area contributed by atoms with Crippen LogP contribution in [-0.4, -0.2) is 18.4 Å². The molecular formula is C11H13F2NO. The summed E-state index contributed by atoms with van der Waals surface area (Å²) in [4.78, 5) is 11.8. The summed E-state index contributed by atoms with van der Waals surface area (Å²) >= 11 is 0. The lowest BCUT2D eigenvalue weighted by Gasteiger charge is -2.22. The van der Waals surface area contributed by atoms with Gasteiger partial charge in [-0.15, -0.1) is 0 Å². The van der Waals surface area contributed by atoms with Gasteiger partial charge in [0.1, 0.15) is 0 Å². The van der Waals surface area contributed by atoms with E-state index in [4.69, 9.17) is 0 Å². The SMILES string of the molecule is CNC(C)(C)C(=O)c1cccc(F)c1F. The van der Waals surface area contributed by atoms with Gasteiger partial charge in [0, 0.05) is 0 Å². The van der Waals surface area contributed by atoms with E-state index in [0.29, 0.717) is 0 Å². The van der Waals surface area contributed by atoms with Gasteiger partial charge in [0.05, 0.1) is 11.1 Å². The third-order valence-corrected chi connectivity index (χ3v) is 2.39. The van der Waals surface area contributed by atoms with Crippen molar-refractivity contribution >= 4 is 5.78 Å². The van der Waals surface area contributed by atoms with Crippen molar-refractivity contribution in [3.05, 3.63) is 35.4 Å². The fraction of sp³-hybridized carbons (Fsp3) is 0.364. The molecule has 0 saturated heterocycles. The topological polar surface area (TPSA) is 29.1 Å². The van der Waals surface area contributed by atoms with Crippen molar-refractivity contribution in [2.24, 2.45) is 0 Å². The molecule has 0 aliphatic carbocycles. The fourth-order valence-corrected chi connectivity index (χ4v) is 1.13. The van der Waals surface area contributed by atoms with E-state index < -0.39 is 23.0 Å². The molecule has 1 rings (SSSR count). The van der Waals surface area contributed by atoms with Crippen LogP contribution in [0.15, 0.2) is 18.2 Å². The Morgan fingerprint density at radius 1 is 1.33 bits per heavy atom. The van der Waals surface area contributed by atoms with Crippen molar-refractivity contribution < 1.29 is 13.6 Å². The van der Waals surface area contributed by atoms with Crippen LogP contribution in [-0.2, 0) is 0 Å². The monoisotopic (exact) mass is 213 g/mol. The standard InChI is InChI=1S/C11H13F2NO/c1-11(2,14-3)10(15)7-5-4-6-8(12)9(7)13/h4-6,14H,1-3H3. The van der Waals surface area contributed by atoms with Crippen molar-refractivity contribution in [2.75, 3.05) is 7.05 Å². The Kier molecular flexibility index (Phi) is 3.19. The van der Waals surface area contributed by atoms with Crippen molar-refractivity contribution in [3.63, 3.8) is 0 Å². The Bertz CT molecular complexity index is 388. The smallest absolute Gasteiger partial charge is 0.185 e. The third kappa shape index (κ3) is 2.21. The van der Waals surface area contributed by atoms with Crippen LogP contribution in [0.25, 0.3) is 0 Å². The molecule has 0 aliphatic rings. The Balaban J connectivity index is 3.18. The van der Waals surface area contributed by atoms with Gasteiger partial charge < -0.3 is 5.32 Å². The van der Waals surface area contributed by atoms with E-state index in [-0.39, 0.29) is 5.56 Å². The molecule has 0 fully saturated rings. The number of likely N-dealkylation sites (N-methyl/N-ethyl adjacent to an activating group) is 1. The van der Waals surface area contributed by atoms with E-state index in [9.17, 15) is 13.6 Å². The number of rotatable bonds is 3. The van der Waals surface area contributed by atoms with Gasteiger partial charge in [-0.1, -0.05) is 6.07 Å². The maximum absolute atomic E-state index is 13.3. The van der Waals surface area contributed by atoms with E-state index in [1.54, 1.807) is 20.9 Å². The minimum Gasteiger partial charge on any atom is -0.308 e. The molecule has 15 heavy (non-hydrogen) atoms. The maximum atomic E-state index is 13.3. The lowest BCUT2D eigenvalue weighted by Crippen LogP contribution is -2.44. The molecule has 0 spiro atoms. The van der Waals surface area contributed by atoms with Crippen LogP contribution in [0.4, 0.5) is 8.78 Å².